The Hall–Kier alpha value is -0.760. The molecule has 4 bridgehead atoms. The molecule has 4 saturated carbocycles. The minimum absolute atomic E-state index is 0.100. The lowest BCUT2D eigenvalue weighted by molar-refractivity contribution is -0.0590. The van der Waals surface area contributed by atoms with Gasteiger partial charge in [-0.1, -0.05) is 0 Å². The summed E-state index contributed by atoms with van der Waals surface area (Å²) in [6, 6.07) is 4.06. The van der Waals surface area contributed by atoms with Gasteiger partial charge >= 0.3 is 0 Å². The first kappa shape index (κ1) is 12.0. The first-order valence-electron chi connectivity index (χ1n) is 8.01. The lowest BCUT2D eigenvalue weighted by Gasteiger charge is -2.57. The molecule has 0 saturated heterocycles. The van der Waals surface area contributed by atoms with Gasteiger partial charge in [0.15, 0.2) is 0 Å². The average molecular weight is 259 g/mol. The molecule has 4 fully saturated rings. The summed E-state index contributed by atoms with van der Waals surface area (Å²) in [6.45, 7) is 0. The van der Waals surface area contributed by atoms with Gasteiger partial charge in [-0.2, -0.15) is 0 Å². The Morgan fingerprint density at radius 3 is 2.32 bits per heavy atom. The summed E-state index contributed by atoms with van der Waals surface area (Å²) < 4.78 is 5.44. The zero-order chi connectivity index (χ0) is 12.9. The largest absolute Gasteiger partial charge is 0.468 e. The van der Waals surface area contributed by atoms with Gasteiger partial charge in [-0.05, 0) is 86.7 Å². The van der Waals surface area contributed by atoms with E-state index in [2.05, 4.69) is 0 Å². The van der Waals surface area contributed by atoms with Crippen LogP contribution >= 0.6 is 0 Å². The van der Waals surface area contributed by atoms with Crippen LogP contribution in [-0.2, 0) is 0 Å². The molecule has 1 aromatic rings. The highest BCUT2D eigenvalue weighted by Crippen LogP contribution is 2.61. The van der Waals surface area contributed by atoms with Crippen molar-refractivity contribution in [1.29, 1.82) is 0 Å². The maximum atomic E-state index is 6.27. The zero-order valence-electron chi connectivity index (χ0n) is 11.7. The Morgan fingerprint density at radius 1 is 1.16 bits per heavy atom. The second kappa shape index (κ2) is 4.37. The van der Waals surface area contributed by atoms with Crippen LogP contribution in [0, 0.1) is 23.2 Å². The Labute approximate surface area is 115 Å². The second-order valence-corrected chi connectivity index (χ2v) is 7.58. The van der Waals surface area contributed by atoms with E-state index in [1.165, 1.54) is 44.9 Å². The van der Waals surface area contributed by atoms with Crippen molar-refractivity contribution in [2.24, 2.45) is 28.9 Å². The SMILES string of the molecule is NC(CCC12CC3CC(CC(C3)C1)C2)c1ccco1. The molecule has 2 nitrogen and oxygen atoms in total. The highest BCUT2D eigenvalue weighted by Gasteiger charge is 2.50. The molecule has 104 valence electrons. The van der Waals surface area contributed by atoms with Gasteiger partial charge in [-0.25, -0.2) is 0 Å². The van der Waals surface area contributed by atoms with Crippen LogP contribution in [0.5, 0.6) is 0 Å². The molecule has 0 aliphatic heterocycles. The zero-order valence-corrected chi connectivity index (χ0v) is 11.7. The van der Waals surface area contributed by atoms with Crippen LogP contribution in [0.1, 0.15) is 63.2 Å². The minimum Gasteiger partial charge on any atom is -0.468 e. The number of nitrogens with two attached hydrogens (primary N) is 1. The van der Waals surface area contributed by atoms with Crippen LogP contribution in [0.15, 0.2) is 22.8 Å². The van der Waals surface area contributed by atoms with Crippen molar-refractivity contribution in [2.75, 3.05) is 0 Å². The smallest absolute Gasteiger partial charge is 0.120 e. The van der Waals surface area contributed by atoms with Crippen LogP contribution in [-0.4, -0.2) is 0 Å². The number of hydrogen-bond acceptors (Lipinski definition) is 2. The van der Waals surface area contributed by atoms with Crippen LogP contribution in [0.2, 0.25) is 0 Å². The third-order valence-corrected chi connectivity index (χ3v) is 6.06. The molecule has 1 aromatic heterocycles. The molecule has 5 rings (SSSR count). The lowest BCUT2D eigenvalue weighted by Crippen LogP contribution is -2.46. The Balaban J connectivity index is 1.42. The first-order valence-corrected chi connectivity index (χ1v) is 8.01. The summed E-state index contributed by atoms with van der Waals surface area (Å²) in [6.07, 6.45) is 13.2. The van der Waals surface area contributed by atoms with Gasteiger partial charge in [0.25, 0.3) is 0 Å². The van der Waals surface area contributed by atoms with Crippen molar-refractivity contribution in [3.05, 3.63) is 24.2 Å². The van der Waals surface area contributed by atoms with E-state index in [0.29, 0.717) is 5.41 Å². The third-order valence-electron chi connectivity index (χ3n) is 6.06. The predicted molar refractivity (Wildman–Crippen MR) is 75.5 cm³/mol. The molecule has 0 amide bonds. The standard InChI is InChI=1S/C17H25NO/c18-15(16-2-1-5-19-16)3-4-17-9-12-6-13(10-17)8-14(7-12)11-17/h1-2,5,12-15H,3-4,6-11,18H2. The summed E-state index contributed by atoms with van der Waals surface area (Å²) in [5.41, 5.74) is 6.93. The molecule has 1 unspecified atom stereocenters. The molecular formula is C17H25NO. The summed E-state index contributed by atoms with van der Waals surface area (Å²) in [5, 5.41) is 0. The van der Waals surface area contributed by atoms with Gasteiger partial charge in [0.2, 0.25) is 0 Å². The van der Waals surface area contributed by atoms with E-state index in [-0.39, 0.29) is 6.04 Å². The van der Waals surface area contributed by atoms with Crippen molar-refractivity contribution in [1.82, 2.24) is 0 Å². The van der Waals surface area contributed by atoms with Crippen LogP contribution in [0.4, 0.5) is 0 Å². The van der Waals surface area contributed by atoms with E-state index in [0.717, 1.165) is 29.9 Å². The number of hydrogen-bond donors (Lipinski definition) is 1. The van der Waals surface area contributed by atoms with E-state index in [1.807, 2.05) is 12.1 Å². The van der Waals surface area contributed by atoms with Gasteiger partial charge < -0.3 is 10.2 Å². The molecule has 2 heteroatoms. The fraction of sp³-hybridized carbons (Fsp3) is 0.765. The fourth-order valence-electron chi connectivity index (χ4n) is 5.70. The van der Waals surface area contributed by atoms with E-state index in [4.69, 9.17) is 10.2 Å². The van der Waals surface area contributed by atoms with E-state index >= 15 is 0 Å². The molecular weight excluding hydrogens is 234 g/mol. The topological polar surface area (TPSA) is 39.2 Å². The fourth-order valence-corrected chi connectivity index (χ4v) is 5.70. The molecule has 2 N–H and O–H groups in total. The number of furan rings is 1. The van der Waals surface area contributed by atoms with Gasteiger partial charge in [0, 0.05) is 0 Å². The maximum absolute atomic E-state index is 6.27. The van der Waals surface area contributed by atoms with Gasteiger partial charge in [-0.15, -0.1) is 0 Å². The van der Waals surface area contributed by atoms with E-state index < -0.39 is 0 Å². The van der Waals surface area contributed by atoms with Crippen molar-refractivity contribution < 1.29 is 4.42 Å². The predicted octanol–water partition coefficient (Wildman–Crippen LogP) is 4.28. The molecule has 1 heterocycles. The first-order chi connectivity index (χ1) is 9.22. The highest BCUT2D eigenvalue weighted by atomic mass is 16.3. The molecule has 0 spiro atoms. The van der Waals surface area contributed by atoms with Crippen LogP contribution in [0.3, 0.4) is 0 Å². The monoisotopic (exact) mass is 259 g/mol. The van der Waals surface area contributed by atoms with Crippen molar-refractivity contribution in [2.45, 2.75) is 57.4 Å². The lowest BCUT2D eigenvalue weighted by atomic mass is 9.48. The average Bonchev–Trinajstić information content (AvgIpc) is 2.88. The molecule has 0 radical (unpaired) electrons. The Morgan fingerprint density at radius 2 is 1.79 bits per heavy atom. The molecule has 1 atom stereocenters. The van der Waals surface area contributed by atoms with Crippen LogP contribution in [0.25, 0.3) is 0 Å². The second-order valence-electron chi connectivity index (χ2n) is 7.58. The van der Waals surface area contributed by atoms with Crippen molar-refractivity contribution >= 4 is 0 Å². The van der Waals surface area contributed by atoms with Gasteiger partial charge in [-0.3, -0.25) is 0 Å². The summed E-state index contributed by atoms with van der Waals surface area (Å²) in [7, 11) is 0. The van der Waals surface area contributed by atoms with Gasteiger partial charge in [0.1, 0.15) is 5.76 Å². The Kier molecular flexibility index (Phi) is 2.77. The highest BCUT2D eigenvalue weighted by molar-refractivity contribution is 5.05. The molecule has 4 aliphatic carbocycles. The summed E-state index contributed by atoms with van der Waals surface area (Å²) in [4.78, 5) is 0. The molecule has 19 heavy (non-hydrogen) atoms. The van der Waals surface area contributed by atoms with Crippen molar-refractivity contribution in [3.63, 3.8) is 0 Å². The van der Waals surface area contributed by atoms with Crippen LogP contribution < -0.4 is 5.73 Å². The summed E-state index contributed by atoms with van der Waals surface area (Å²) in [5.74, 6) is 4.10. The third kappa shape index (κ3) is 2.14. The van der Waals surface area contributed by atoms with E-state index in [9.17, 15) is 0 Å². The summed E-state index contributed by atoms with van der Waals surface area (Å²) >= 11 is 0. The van der Waals surface area contributed by atoms with Crippen molar-refractivity contribution in [3.8, 4) is 0 Å². The minimum atomic E-state index is 0.100. The number of rotatable bonds is 4. The Bertz CT molecular complexity index is 401. The van der Waals surface area contributed by atoms with Gasteiger partial charge in [0.05, 0.1) is 12.3 Å². The normalized spacial score (nSPS) is 41.6. The maximum Gasteiger partial charge on any atom is 0.120 e. The quantitative estimate of drug-likeness (QED) is 0.876. The molecule has 0 aromatic carbocycles. The molecule has 4 aliphatic rings. The van der Waals surface area contributed by atoms with E-state index in [1.54, 1.807) is 6.26 Å².